The summed E-state index contributed by atoms with van der Waals surface area (Å²) in [5.74, 6) is 6.40. The van der Waals surface area contributed by atoms with Gasteiger partial charge in [0.05, 0.1) is 5.69 Å². The molecular weight excluding hydrogens is 425 g/mol. The second-order valence-corrected chi connectivity index (χ2v) is 8.97. The highest BCUT2D eigenvalue weighted by Crippen LogP contribution is 2.36. The normalized spacial score (nSPS) is 20.1. The monoisotopic (exact) mass is 453 g/mol. The van der Waals surface area contributed by atoms with Crippen LogP contribution in [0.15, 0.2) is 78.9 Å². The molecule has 0 bridgehead atoms. The minimum Gasteiger partial charge on any atom is -0.323 e. The topological polar surface area (TPSA) is 35.6 Å². The zero-order valence-corrected chi connectivity index (χ0v) is 19.1. The largest absolute Gasteiger partial charge is 0.323 e. The summed E-state index contributed by atoms with van der Waals surface area (Å²) in [4.78, 5) is 17.3. The van der Waals surface area contributed by atoms with Crippen LogP contribution in [-0.2, 0) is 0 Å². The predicted octanol–water partition coefficient (Wildman–Crippen LogP) is 5.32. The third kappa shape index (κ3) is 4.98. The quantitative estimate of drug-likeness (QED) is 0.533. The van der Waals surface area contributed by atoms with E-state index >= 15 is 0 Å². The van der Waals surface area contributed by atoms with E-state index in [9.17, 15) is 9.18 Å². The summed E-state index contributed by atoms with van der Waals surface area (Å²) in [5, 5.41) is 2.76. The first kappa shape index (κ1) is 22.2. The Morgan fingerprint density at radius 3 is 2.26 bits per heavy atom. The van der Waals surface area contributed by atoms with Crippen LogP contribution in [0.4, 0.5) is 14.9 Å². The first-order valence-electron chi connectivity index (χ1n) is 11.9. The Labute approximate surface area is 200 Å². The Balaban J connectivity index is 1.27. The van der Waals surface area contributed by atoms with Gasteiger partial charge in [-0.3, -0.25) is 4.90 Å². The van der Waals surface area contributed by atoms with Gasteiger partial charge in [0.1, 0.15) is 5.82 Å². The molecule has 34 heavy (non-hydrogen) atoms. The number of fused-ring (bicyclic) bond motifs is 1. The van der Waals surface area contributed by atoms with Crippen molar-refractivity contribution in [2.45, 2.75) is 24.8 Å². The van der Waals surface area contributed by atoms with Crippen molar-refractivity contribution in [2.75, 3.05) is 31.5 Å². The number of carbonyl (C=O) groups excluding carboxylic acids is 1. The summed E-state index contributed by atoms with van der Waals surface area (Å²) in [6, 6.07) is 24.8. The molecule has 0 unspecified atom stereocenters. The Morgan fingerprint density at radius 2 is 1.50 bits per heavy atom. The molecule has 0 aliphatic carbocycles. The maximum atomic E-state index is 14.0. The van der Waals surface area contributed by atoms with E-state index in [0.29, 0.717) is 19.0 Å². The van der Waals surface area contributed by atoms with Gasteiger partial charge >= 0.3 is 6.03 Å². The SMILES string of the molecule is O=C(Nc1ccccc1F)N1CCCCN2C[C@H](c3ccc(C#Cc4ccccc4)cc3)[C@@H]2C1. The van der Waals surface area contributed by atoms with Crippen LogP contribution in [0.1, 0.15) is 35.4 Å². The average molecular weight is 454 g/mol. The van der Waals surface area contributed by atoms with Crippen LogP contribution in [0.2, 0.25) is 0 Å². The standard InChI is InChI=1S/C29H28FN3O/c30-26-10-4-5-11-27(26)31-29(34)33-19-7-6-18-32-20-25(28(32)21-33)24-16-14-23(15-17-24)13-12-22-8-2-1-3-9-22/h1-5,8-11,14-17,25,28H,6-7,18-21H2,(H,31,34)/t25-,28+/m1/s1. The highest BCUT2D eigenvalue weighted by molar-refractivity contribution is 5.89. The van der Waals surface area contributed by atoms with Crippen molar-refractivity contribution in [1.29, 1.82) is 0 Å². The molecule has 4 nitrogen and oxygen atoms in total. The second kappa shape index (κ2) is 10.1. The van der Waals surface area contributed by atoms with Crippen LogP contribution in [0.5, 0.6) is 0 Å². The first-order valence-corrected chi connectivity index (χ1v) is 11.9. The van der Waals surface area contributed by atoms with Crippen LogP contribution in [0.3, 0.4) is 0 Å². The van der Waals surface area contributed by atoms with Gasteiger partial charge in [-0.15, -0.1) is 0 Å². The lowest BCUT2D eigenvalue weighted by molar-refractivity contribution is 0.0272. The highest BCUT2D eigenvalue weighted by atomic mass is 19.1. The van der Waals surface area contributed by atoms with Crippen molar-refractivity contribution in [3.8, 4) is 11.8 Å². The molecule has 3 aromatic rings. The molecule has 0 radical (unpaired) electrons. The van der Waals surface area contributed by atoms with E-state index in [0.717, 1.165) is 37.1 Å². The number of nitrogens with zero attached hydrogens (tertiary/aromatic N) is 2. The molecule has 2 saturated heterocycles. The molecule has 0 saturated carbocycles. The molecule has 2 aliphatic rings. The smallest absolute Gasteiger partial charge is 0.321 e. The van der Waals surface area contributed by atoms with Crippen molar-refractivity contribution in [3.63, 3.8) is 0 Å². The third-order valence-electron chi connectivity index (χ3n) is 6.76. The number of amides is 2. The van der Waals surface area contributed by atoms with E-state index in [2.05, 4.69) is 46.3 Å². The number of urea groups is 1. The molecule has 2 heterocycles. The van der Waals surface area contributed by atoms with E-state index in [1.54, 1.807) is 18.2 Å². The number of hydrogen-bond donors (Lipinski definition) is 1. The lowest BCUT2D eigenvalue weighted by atomic mass is 9.81. The van der Waals surface area contributed by atoms with Crippen LogP contribution in [0, 0.1) is 17.7 Å². The van der Waals surface area contributed by atoms with Gasteiger partial charge in [-0.25, -0.2) is 9.18 Å². The lowest BCUT2D eigenvalue weighted by Gasteiger charge is -2.51. The Kier molecular flexibility index (Phi) is 6.60. The number of halogens is 1. The molecule has 2 fully saturated rings. The number of carbonyl (C=O) groups is 1. The fourth-order valence-electron chi connectivity index (χ4n) is 4.81. The van der Waals surface area contributed by atoms with Crippen molar-refractivity contribution in [2.24, 2.45) is 0 Å². The van der Waals surface area contributed by atoms with Crippen LogP contribution in [-0.4, -0.2) is 48.1 Å². The molecule has 5 rings (SSSR count). The number of benzene rings is 3. The number of nitrogens with one attached hydrogen (secondary N) is 1. The summed E-state index contributed by atoms with van der Waals surface area (Å²) >= 11 is 0. The molecule has 2 amide bonds. The molecular formula is C29H28FN3O. The van der Waals surface area contributed by atoms with E-state index in [-0.39, 0.29) is 17.8 Å². The van der Waals surface area contributed by atoms with Crippen LogP contribution >= 0.6 is 0 Å². The molecule has 2 aliphatic heterocycles. The van der Waals surface area contributed by atoms with Gasteiger partial charge in [-0.1, -0.05) is 54.3 Å². The number of para-hydroxylation sites is 1. The average Bonchev–Trinajstić information content (AvgIpc) is 2.85. The fraction of sp³-hybridized carbons (Fsp3) is 0.276. The van der Waals surface area contributed by atoms with Crippen molar-refractivity contribution in [3.05, 3.63) is 101 Å². The second-order valence-electron chi connectivity index (χ2n) is 8.97. The molecule has 2 atom stereocenters. The summed E-state index contributed by atoms with van der Waals surface area (Å²) < 4.78 is 14.0. The van der Waals surface area contributed by atoms with Crippen molar-refractivity contribution >= 4 is 11.7 Å². The summed E-state index contributed by atoms with van der Waals surface area (Å²) in [7, 11) is 0. The van der Waals surface area contributed by atoms with Gasteiger partial charge in [0.15, 0.2) is 0 Å². The molecule has 3 aromatic carbocycles. The molecule has 172 valence electrons. The van der Waals surface area contributed by atoms with E-state index < -0.39 is 5.82 Å². The summed E-state index contributed by atoms with van der Waals surface area (Å²) in [6.07, 6.45) is 2.01. The molecule has 0 aromatic heterocycles. The summed E-state index contributed by atoms with van der Waals surface area (Å²) in [6.45, 7) is 3.39. The van der Waals surface area contributed by atoms with Crippen LogP contribution in [0.25, 0.3) is 0 Å². The van der Waals surface area contributed by atoms with Gasteiger partial charge in [0, 0.05) is 42.7 Å². The van der Waals surface area contributed by atoms with Gasteiger partial charge in [0.2, 0.25) is 0 Å². The van der Waals surface area contributed by atoms with Gasteiger partial charge in [-0.2, -0.15) is 0 Å². The third-order valence-corrected chi connectivity index (χ3v) is 6.76. The van der Waals surface area contributed by atoms with E-state index in [1.807, 2.05) is 35.2 Å². The highest BCUT2D eigenvalue weighted by Gasteiger charge is 2.41. The number of hydrogen-bond acceptors (Lipinski definition) is 2. The Hall–Kier alpha value is -3.62. The molecule has 1 N–H and O–H groups in total. The maximum absolute atomic E-state index is 14.0. The molecule has 0 spiro atoms. The summed E-state index contributed by atoms with van der Waals surface area (Å²) in [5.41, 5.74) is 3.50. The maximum Gasteiger partial charge on any atom is 0.321 e. The van der Waals surface area contributed by atoms with E-state index in [4.69, 9.17) is 0 Å². The minimum atomic E-state index is -0.415. The van der Waals surface area contributed by atoms with Gasteiger partial charge in [-0.05, 0) is 61.3 Å². The van der Waals surface area contributed by atoms with E-state index in [1.165, 1.54) is 11.6 Å². The fourth-order valence-corrected chi connectivity index (χ4v) is 4.81. The zero-order chi connectivity index (χ0) is 23.3. The van der Waals surface area contributed by atoms with Crippen LogP contribution < -0.4 is 5.32 Å². The van der Waals surface area contributed by atoms with Crippen molar-refractivity contribution in [1.82, 2.24) is 9.80 Å². The Morgan fingerprint density at radius 1 is 0.824 bits per heavy atom. The number of anilines is 1. The minimum absolute atomic E-state index is 0.226. The van der Waals surface area contributed by atoms with Gasteiger partial charge < -0.3 is 10.2 Å². The van der Waals surface area contributed by atoms with Crippen molar-refractivity contribution < 1.29 is 9.18 Å². The zero-order valence-electron chi connectivity index (χ0n) is 19.1. The first-order chi connectivity index (χ1) is 16.7. The molecule has 5 heteroatoms. The number of rotatable bonds is 2. The van der Waals surface area contributed by atoms with Gasteiger partial charge in [0.25, 0.3) is 0 Å². The Bertz CT molecular complexity index is 1200. The lowest BCUT2D eigenvalue weighted by Crippen LogP contribution is -2.61. The predicted molar refractivity (Wildman–Crippen MR) is 133 cm³/mol.